The van der Waals surface area contributed by atoms with Gasteiger partial charge < -0.3 is 9.64 Å². The predicted molar refractivity (Wildman–Crippen MR) is 75.3 cm³/mol. The minimum atomic E-state index is 0.178. The van der Waals surface area contributed by atoms with Gasteiger partial charge in [-0.25, -0.2) is 0 Å². The van der Waals surface area contributed by atoms with Gasteiger partial charge in [0.2, 0.25) is 0 Å². The van der Waals surface area contributed by atoms with Crippen molar-refractivity contribution >= 4 is 5.69 Å². The minimum Gasteiger partial charge on any atom is -0.380 e. The fraction of sp³-hybridized carbons (Fsp3) is 0.625. The van der Waals surface area contributed by atoms with E-state index in [1.54, 1.807) is 0 Å². The van der Waals surface area contributed by atoms with Gasteiger partial charge in [-0.2, -0.15) is 0 Å². The predicted octanol–water partition coefficient (Wildman–Crippen LogP) is 3.35. The second-order valence-electron chi connectivity index (χ2n) is 6.71. The van der Waals surface area contributed by atoms with Gasteiger partial charge in [0.15, 0.2) is 0 Å². The molecule has 1 aromatic carbocycles. The lowest BCUT2D eigenvalue weighted by Gasteiger charge is -2.38. The molecule has 98 valence electrons. The summed E-state index contributed by atoms with van der Waals surface area (Å²) < 4.78 is 5.80. The first-order valence-electron chi connectivity index (χ1n) is 6.98. The third-order valence-electron chi connectivity index (χ3n) is 4.36. The van der Waals surface area contributed by atoms with Crippen molar-refractivity contribution in [2.45, 2.75) is 44.6 Å². The maximum Gasteiger partial charge on any atom is 0.0580 e. The van der Waals surface area contributed by atoms with Gasteiger partial charge in [0.25, 0.3) is 0 Å². The van der Waals surface area contributed by atoms with Gasteiger partial charge in [-0.3, -0.25) is 0 Å². The van der Waals surface area contributed by atoms with E-state index >= 15 is 0 Å². The van der Waals surface area contributed by atoms with Crippen LogP contribution in [0.3, 0.4) is 0 Å². The molecule has 0 N–H and O–H groups in total. The summed E-state index contributed by atoms with van der Waals surface area (Å²) in [6, 6.07) is 8.89. The van der Waals surface area contributed by atoms with Gasteiger partial charge in [0, 0.05) is 29.8 Å². The number of benzene rings is 1. The van der Waals surface area contributed by atoms with Crippen LogP contribution in [-0.4, -0.2) is 25.3 Å². The summed E-state index contributed by atoms with van der Waals surface area (Å²) in [7, 11) is 0. The first-order chi connectivity index (χ1) is 8.53. The van der Waals surface area contributed by atoms with E-state index in [2.05, 4.69) is 49.9 Å². The van der Waals surface area contributed by atoms with Crippen LogP contribution in [0.25, 0.3) is 0 Å². The molecule has 3 rings (SSSR count). The van der Waals surface area contributed by atoms with Crippen molar-refractivity contribution in [2.24, 2.45) is 0 Å². The molecule has 1 aromatic rings. The molecule has 0 bridgehead atoms. The van der Waals surface area contributed by atoms with Crippen molar-refractivity contribution in [3.05, 3.63) is 29.8 Å². The van der Waals surface area contributed by atoms with E-state index in [-0.39, 0.29) is 11.0 Å². The molecule has 1 saturated heterocycles. The van der Waals surface area contributed by atoms with E-state index in [0.717, 1.165) is 19.8 Å². The van der Waals surface area contributed by atoms with Crippen molar-refractivity contribution in [1.29, 1.82) is 0 Å². The molecule has 2 nitrogen and oxygen atoms in total. The number of hydrogen-bond acceptors (Lipinski definition) is 2. The van der Waals surface area contributed by atoms with Crippen LogP contribution >= 0.6 is 0 Å². The summed E-state index contributed by atoms with van der Waals surface area (Å²) in [6.45, 7) is 9.82. The smallest absolute Gasteiger partial charge is 0.0580 e. The number of para-hydroxylation sites is 1. The molecule has 0 amide bonds. The Bertz CT molecular complexity index is 441. The van der Waals surface area contributed by atoms with Crippen molar-refractivity contribution in [3.8, 4) is 0 Å². The highest BCUT2D eigenvalue weighted by Crippen LogP contribution is 2.47. The first kappa shape index (κ1) is 12.0. The molecule has 1 atom stereocenters. The van der Waals surface area contributed by atoms with Crippen LogP contribution in [0.1, 0.15) is 39.2 Å². The molecular weight excluding hydrogens is 222 g/mol. The summed E-state index contributed by atoms with van der Waals surface area (Å²) in [5, 5.41) is 0. The second kappa shape index (κ2) is 3.99. The molecule has 1 unspecified atom stereocenters. The molecule has 2 aliphatic heterocycles. The molecule has 18 heavy (non-hydrogen) atoms. The van der Waals surface area contributed by atoms with Crippen molar-refractivity contribution in [3.63, 3.8) is 0 Å². The van der Waals surface area contributed by atoms with Gasteiger partial charge in [0.1, 0.15) is 0 Å². The Morgan fingerprint density at radius 3 is 2.67 bits per heavy atom. The van der Waals surface area contributed by atoms with Crippen LogP contribution in [0.4, 0.5) is 5.69 Å². The van der Waals surface area contributed by atoms with Crippen LogP contribution in [0.2, 0.25) is 0 Å². The molecule has 2 aliphatic rings. The topological polar surface area (TPSA) is 12.5 Å². The third kappa shape index (κ3) is 1.74. The lowest BCUT2D eigenvalue weighted by Crippen LogP contribution is -2.47. The highest BCUT2D eigenvalue weighted by molar-refractivity contribution is 5.64. The standard InChI is InChI=1S/C16H23NO/c1-15(2,3)17-11-16(9-6-10-18-12-16)13-7-4-5-8-14(13)17/h4-5,7-8H,6,9-12H2,1-3H3. The number of fused-ring (bicyclic) bond motifs is 2. The molecule has 0 aromatic heterocycles. The fourth-order valence-corrected chi connectivity index (χ4v) is 3.42. The van der Waals surface area contributed by atoms with Crippen molar-refractivity contribution < 1.29 is 4.74 Å². The van der Waals surface area contributed by atoms with Crippen LogP contribution in [0.5, 0.6) is 0 Å². The van der Waals surface area contributed by atoms with Crippen molar-refractivity contribution in [2.75, 3.05) is 24.7 Å². The van der Waals surface area contributed by atoms with Gasteiger partial charge in [-0.1, -0.05) is 18.2 Å². The van der Waals surface area contributed by atoms with E-state index in [1.807, 2.05) is 0 Å². The lowest BCUT2D eigenvalue weighted by molar-refractivity contribution is 0.0397. The Kier molecular flexibility index (Phi) is 2.67. The quantitative estimate of drug-likeness (QED) is 0.695. The Morgan fingerprint density at radius 2 is 2.00 bits per heavy atom. The zero-order valence-corrected chi connectivity index (χ0v) is 11.7. The number of nitrogens with zero attached hydrogens (tertiary/aromatic N) is 1. The number of ether oxygens (including phenoxy) is 1. The van der Waals surface area contributed by atoms with Gasteiger partial charge in [0.05, 0.1) is 6.61 Å². The molecule has 2 heteroatoms. The maximum absolute atomic E-state index is 5.80. The lowest BCUT2D eigenvalue weighted by atomic mass is 9.78. The summed E-state index contributed by atoms with van der Waals surface area (Å²) >= 11 is 0. The fourth-order valence-electron chi connectivity index (χ4n) is 3.42. The monoisotopic (exact) mass is 245 g/mol. The van der Waals surface area contributed by atoms with Crippen LogP contribution < -0.4 is 4.90 Å². The second-order valence-corrected chi connectivity index (χ2v) is 6.71. The SMILES string of the molecule is CC(C)(C)N1CC2(CCCOC2)c2ccccc21. The Hall–Kier alpha value is -1.02. The van der Waals surface area contributed by atoms with E-state index in [9.17, 15) is 0 Å². The number of hydrogen-bond donors (Lipinski definition) is 0. The summed E-state index contributed by atoms with van der Waals surface area (Å²) in [4.78, 5) is 2.55. The maximum atomic E-state index is 5.80. The summed E-state index contributed by atoms with van der Waals surface area (Å²) in [6.07, 6.45) is 2.45. The highest BCUT2D eigenvalue weighted by Gasteiger charge is 2.46. The summed E-state index contributed by atoms with van der Waals surface area (Å²) in [5.41, 5.74) is 3.33. The van der Waals surface area contributed by atoms with E-state index in [1.165, 1.54) is 24.1 Å². The van der Waals surface area contributed by atoms with Gasteiger partial charge in [-0.15, -0.1) is 0 Å². The molecule has 0 saturated carbocycles. The number of anilines is 1. The minimum absolute atomic E-state index is 0.178. The average molecular weight is 245 g/mol. The first-order valence-corrected chi connectivity index (χ1v) is 6.98. The summed E-state index contributed by atoms with van der Waals surface area (Å²) in [5.74, 6) is 0. The van der Waals surface area contributed by atoms with Gasteiger partial charge in [-0.05, 0) is 45.2 Å². The third-order valence-corrected chi connectivity index (χ3v) is 4.36. The zero-order valence-electron chi connectivity index (χ0n) is 11.7. The normalized spacial score (nSPS) is 27.6. The number of rotatable bonds is 0. The molecule has 0 aliphatic carbocycles. The Labute approximate surface area is 110 Å². The Balaban J connectivity index is 2.06. The van der Waals surface area contributed by atoms with Crippen LogP contribution in [0.15, 0.2) is 24.3 Å². The Morgan fingerprint density at radius 1 is 1.22 bits per heavy atom. The molecule has 1 spiro atoms. The largest absolute Gasteiger partial charge is 0.380 e. The molecule has 2 heterocycles. The van der Waals surface area contributed by atoms with Crippen LogP contribution in [0, 0.1) is 0 Å². The van der Waals surface area contributed by atoms with E-state index in [4.69, 9.17) is 4.74 Å². The highest BCUT2D eigenvalue weighted by atomic mass is 16.5. The molecular formula is C16H23NO. The van der Waals surface area contributed by atoms with Crippen LogP contribution in [-0.2, 0) is 10.2 Å². The van der Waals surface area contributed by atoms with E-state index in [0.29, 0.717) is 0 Å². The molecule has 0 radical (unpaired) electrons. The average Bonchev–Trinajstić information content (AvgIpc) is 2.66. The molecule has 1 fully saturated rings. The van der Waals surface area contributed by atoms with Gasteiger partial charge >= 0.3 is 0 Å². The zero-order chi connectivity index (χ0) is 12.8. The van der Waals surface area contributed by atoms with Crippen molar-refractivity contribution in [1.82, 2.24) is 0 Å². The van der Waals surface area contributed by atoms with E-state index < -0.39 is 0 Å².